The van der Waals surface area contributed by atoms with Crippen LogP contribution < -0.4 is 0 Å². The number of furan rings is 2. The second-order valence-electron chi connectivity index (χ2n) is 21.4. The van der Waals surface area contributed by atoms with Gasteiger partial charge in [-0.25, -0.2) is 15.0 Å². The van der Waals surface area contributed by atoms with Crippen molar-refractivity contribution in [1.82, 2.24) is 24.1 Å². The van der Waals surface area contributed by atoms with Crippen LogP contribution in [0.1, 0.15) is 0 Å². The van der Waals surface area contributed by atoms with Gasteiger partial charge in [-0.1, -0.05) is 170 Å². The first-order valence-corrected chi connectivity index (χ1v) is 28.7. The second kappa shape index (κ2) is 17.8. The van der Waals surface area contributed by atoms with Crippen molar-refractivity contribution in [3.05, 3.63) is 261 Å². The number of nitrogens with zero attached hydrogens (tertiary/aromatic N) is 5. The molecule has 0 atom stereocenters. The van der Waals surface area contributed by atoms with Gasteiger partial charge in [-0.05, 0) is 102 Å². The van der Waals surface area contributed by atoms with Crippen molar-refractivity contribution in [2.45, 2.75) is 0 Å². The summed E-state index contributed by atoms with van der Waals surface area (Å²) in [5.74, 6) is 1.76. The van der Waals surface area contributed by atoms with Gasteiger partial charge in [0.2, 0.25) is 0 Å². The van der Waals surface area contributed by atoms with E-state index in [-0.39, 0.29) is 0 Å². The summed E-state index contributed by atoms with van der Waals surface area (Å²) >= 11 is 1.79. The number of hydrogen-bond acceptors (Lipinski definition) is 6. The van der Waals surface area contributed by atoms with Gasteiger partial charge in [0, 0.05) is 102 Å². The number of benzene rings is 12. The first-order chi connectivity index (χ1) is 41.1. The molecule has 12 aromatic carbocycles. The Bertz CT molecular complexity index is 5660. The maximum absolute atomic E-state index is 6.89. The molecule has 0 amide bonds. The standard InChI is InChI=1S/C75H43N5O2S/c1-3-16-44(17-4-1)73-76-74(47-32-36-53-61-43-49(35-39-66(61)81-68(53)42-47)80-62-28-10-7-20-50(62)51-21-8-11-29-63(51)80)78-75(77-73)58-27-15-31-69-70(58)57-26-14-25-56(72(57)83-69)54-23-13-24-55-60-41-46(34-38-67(60)82-71(54)55)45-33-37-65-59(40-45)52-22-9-12-30-64(52)79(65)48-18-5-2-6-19-48/h1-43H. The van der Waals surface area contributed by atoms with E-state index >= 15 is 0 Å². The molecule has 386 valence electrons. The summed E-state index contributed by atoms with van der Waals surface area (Å²) in [5, 5.41) is 11.4. The molecule has 83 heavy (non-hydrogen) atoms. The molecular formula is C75H43N5O2S. The fraction of sp³-hybridized carbons (Fsp3) is 0. The van der Waals surface area contributed by atoms with Crippen molar-refractivity contribution in [2.24, 2.45) is 0 Å². The summed E-state index contributed by atoms with van der Waals surface area (Å²) in [4.78, 5) is 15.8. The predicted molar refractivity (Wildman–Crippen MR) is 343 cm³/mol. The molecule has 18 aromatic rings. The van der Waals surface area contributed by atoms with Crippen LogP contribution in [-0.4, -0.2) is 24.1 Å². The second-order valence-corrected chi connectivity index (χ2v) is 22.5. The van der Waals surface area contributed by atoms with Crippen LogP contribution in [0.4, 0.5) is 0 Å². The molecule has 0 unspecified atom stereocenters. The van der Waals surface area contributed by atoms with E-state index in [9.17, 15) is 0 Å². The van der Waals surface area contributed by atoms with E-state index in [1.165, 1.54) is 48.3 Å². The summed E-state index contributed by atoms with van der Waals surface area (Å²) in [6.45, 7) is 0. The van der Waals surface area contributed by atoms with Gasteiger partial charge in [0.15, 0.2) is 17.5 Å². The molecule has 0 bridgehead atoms. The van der Waals surface area contributed by atoms with Crippen molar-refractivity contribution < 1.29 is 8.83 Å². The lowest BCUT2D eigenvalue weighted by Crippen LogP contribution is -2.00. The number of hydrogen-bond donors (Lipinski definition) is 0. The van der Waals surface area contributed by atoms with E-state index in [4.69, 9.17) is 23.8 Å². The quantitative estimate of drug-likeness (QED) is 0.159. The van der Waals surface area contributed by atoms with E-state index in [0.29, 0.717) is 17.5 Å². The fourth-order valence-corrected chi connectivity index (χ4v) is 14.3. The summed E-state index contributed by atoms with van der Waals surface area (Å²) in [6.07, 6.45) is 0. The molecule has 0 saturated heterocycles. The number of para-hydroxylation sites is 5. The van der Waals surface area contributed by atoms with Gasteiger partial charge in [0.25, 0.3) is 0 Å². The molecule has 0 spiro atoms. The Kier molecular flexibility index (Phi) is 9.83. The average molecular weight is 1080 g/mol. The van der Waals surface area contributed by atoms with E-state index in [1.54, 1.807) is 11.3 Å². The first kappa shape index (κ1) is 45.9. The third-order valence-electron chi connectivity index (χ3n) is 16.8. The molecule has 0 saturated carbocycles. The smallest absolute Gasteiger partial charge is 0.164 e. The Morgan fingerprint density at radius 1 is 0.289 bits per heavy atom. The zero-order valence-electron chi connectivity index (χ0n) is 44.3. The van der Waals surface area contributed by atoms with E-state index in [2.05, 4.69) is 252 Å². The van der Waals surface area contributed by atoms with Crippen molar-refractivity contribution >= 4 is 119 Å². The maximum Gasteiger partial charge on any atom is 0.164 e. The molecule has 6 aromatic heterocycles. The van der Waals surface area contributed by atoms with Gasteiger partial charge in [-0.2, -0.15) is 0 Å². The fourth-order valence-electron chi connectivity index (χ4n) is 13.0. The van der Waals surface area contributed by atoms with Crippen LogP contribution in [-0.2, 0) is 0 Å². The van der Waals surface area contributed by atoms with E-state index < -0.39 is 0 Å². The SMILES string of the molecule is c1ccc(-c2nc(-c3ccc4c(c3)oc3ccc(-n5c6ccccc6c6ccccc65)cc34)nc(-c3cccc4sc5c(-c6cccc7c6oc6ccc(-c8ccc9c(c8)c8ccccc8n9-c8ccccc8)cc67)cccc5c34)n2)cc1. The lowest BCUT2D eigenvalue weighted by atomic mass is 9.98. The topological polar surface area (TPSA) is 74.8 Å². The van der Waals surface area contributed by atoms with Crippen LogP contribution in [0.2, 0.25) is 0 Å². The minimum absolute atomic E-state index is 0.565. The Hall–Kier alpha value is -10.9. The molecule has 0 aliphatic carbocycles. The van der Waals surface area contributed by atoms with Crippen LogP contribution in [0.25, 0.3) is 175 Å². The van der Waals surface area contributed by atoms with Crippen molar-refractivity contribution in [1.29, 1.82) is 0 Å². The molecule has 0 N–H and O–H groups in total. The van der Waals surface area contributed by atoms with Gasteiger partial charge in [-0.3, -0.25) is 0 Å². The molecule has 0 fully saturated rings. The van der Waals surface area contributed by atoms with Gasteiger partial charge in [-0.15, -0.1) is 11.3 Å². The van der Waals surface area contributed by atoms with Gasteiger partial charge >= 0.3 is 0 Å². The maximum atomic E-state index is 6.89. The van der Waals surface area contributed by atoms with Gasteiger partial charge < -0.3 is 18.0 Å². The van der Waals surface area contributed by atoms with Crippen LogP contribution >= 0.6 is 11.3 Å². The lowest BCUT2D eigenvalue weighted by molar-refractivity contribution is 0.669. The van der Waals surface area contributed by atoms with Gasteiger partial charge in [0.1, 0.15) is 22.3 Å². The highest BCUT2D eigenvalue weighted by molar-refractivity contribution is 7.26. The minimum Gasteiger partial charge on any atom is -0.456 e. The van der Waals surface area contributed by atoms with Crippen molar-refractivity contribution in [2.75, 3.05) is 0 Å². The van der Waals surface area contributed by atoms with Crippen molar-refractivity contribution in [3.8, 4) is 67.8 Å². The van der Waals surface area contributed by atoms with E-state index in [1.807, 2.05) is 18.2 Å². The highest BCUT2D eigenvalue weighted by Gasteiger charge is 2.23. The van der Waals surface area contributed by atoms with Crippen LogP contribution in [0.5, 0.6) is 0 Å². The third-order valence-corrected chi connectivity index (χ3v) is 18.0. The summed E-state index contributed by atoms with van der Waals surface area (Å²) in [7, 11) is 0. The first-order valence-electron chi connectivity index (χ1n) is 27.9. The summed E-state index contributed by atoms with van der Waals surface area (Å²) in [6, 6.07) is 92.5. The summed E-state index contributed by atoms with van der Waals surface area (Å²) < 4.78 is 20.6. The largest absolute Gasteiger partial charge is 0.456 e. The van der Waals surface area contributed by atoms with E-state index in [0.717, 1.165) is 110 Å². The molecule has 7 nitrogen and oxygen atoms in total. The molecule has 0 aliphatic heterocycles. The Morgan fingerprint density at radius 2 is 0.831 bits per heavy atom. The zero-order valence-corrected chi connectivity index (χ0v) is 45.1. The van der Waals surface area contributed by atoms with Gasteiger partial charge in [0.05, 0.1) is 22.1 Å². The Balaban J connectivity index is 0.740. The van der Waals surface area contributed by atoms with Crippen LogP contribution in [0.3, 0.4) is 0 Å². The third kappa shape index (κ3) is 7.00. The lowest BCUT2D eigenvalue weighted by Gasteiger charge is -2.10. The highest BCUT2D eigenvalue weighted by Crippen LogP contribution is 2.47. The van der Waals surface area contributed by atoms with Crippen LogP contribution in [0, 0.1) is 0 Å². The molecule has 8 heteroatoms. The number of aromatic nitrogens is 5. The molecular weight excluding hydrogens is 1030 g/mol. The summed E-state index contributed by atoms with van der Waals surface area (Å²) in [5.41, 5.74) is 17.4. The zero-order chi connectivity index (χ0) is 54.3. The highest BCUT2D eigenvalue weighted by atomic mass is 32.1. The molecule has 0 aliphatic rings. The normalized spacial score (nSPS) is 12.1. The molecule has 0 radical (unpaired) electrons. The Morgan fingerprint density at radius 3 is 1.60 bits per heavy atom. The monoisotopic (exact) mass is 1080 g/mol. The Labute approximate surface area is 477 Å². The van der Waals surface area contributed by atoms with Crippen molar-refractivity contribution in [3.63, 3.8) is 0 Å². The number of thiophene rings is 1. The minimum atomic E-state index is 0.565. The number of fused-ring (bicyclic) bond motifs is 15. The predicted octanol–water partition coefficient (Wildman–Crippen LogP) is 20.6. The van der Waals surface area contributed by atoms with Crippen LogP contribution in [0.15, 0.2) is 270 Å². The average Bonchev–Trinajstić information content (AvgIpc) is 3.88. The number of rotatable bonds is 7. The molecule has 6 heterocycles. The molecule has 18 rings (SSSR count).